The van der Waals surface area contributed by atoms with Crippen molar-refractivity contribution in [2.45, 2.75) is 4.90 Å². The van der Waals surface area contributed by atoms with Crippen molar-refractivity contribution in [1.29, 1.82) is 0 Å². The minimum absolute atomic E-state index is 0.0991. The van der Waals surface area contributed by atoms with E-state index in [1.807, 2.05) is 18.2 Å². The second kappa shape index (κ2) is 5.75. The van der Waals surface area contributed by atoms with Crippen LogP contribution in [0.2, 0.25) is 0 Å². The normalized spacial score (nSPS) is 11.7. The number of H-pyrrole nitrogens is 1. The molecule has 2 N–H and O–H groups in total. The first-order valence-electron chi connectivity index (χ1n) is 7.58. The molecule has 0 saturated carbocycles. The molecule has 126 valence electrons. The maximum Gasteiger partial charge on any atom is 0.263 e. The van der Waals surface area contributed by atoms with Crippen LogP contribution in [0.15, 0.2) is 66.0 Å². The van der Waals surface area contributed by atoms with Crippen LogP contribution in [0.3, 0.4) is 0 Å². The lowest BCUT2D eigenvalue weighted by molar-refractivity contribution is 0.601. The Kier molecular flexibility index (Phi) is 3.54. The Labute approximate surface area is 144 Å². The van der Waals surface area contributed by atoms with Crippen LogP contribution in [0, 0.1) is 0 Å². The molecule has 4 rings (SSSR count). The van der Waals surface area contributed by atoms with Crippen LogP contribution >= 0.6 is 0 Å². The Hall–Kier alpha value is -3.13. The van der Waals surface area contributed by atoms with E-state index in [1.54, 1.807) is 42.3 Å². The maximum atomic E-state index is 12.7. The third-order valence-electron chi connectivity index (χ3n) is 3.93. The number of pyridine rings is 1. The smallest absolute Gasteiger partial charge is 0.263 e. The predicted molar refractivity (Wildman–Crippen MR) is 95.5 cm³/mol. The summed E-state index contributed by atoms with van der Waals surface area (Å²) in [4.78, 5) is 7.37. The molecule has 3 heterocycles. The Bertz CT molecular complexity index is 1130. The number of anilines is 1. The van der Waals surface area contributed by atoms with Gasteiger partial charge in [-0.15, -0.1) is 0 Å². The second-order valence-corrected chi connectivity index (χ2v) is 7.26. The first-order valence-corrected chi connectivity index (χ1v) is 9.06. The summed E-state index contributed by atoms with van der Waals surface area (Å²) in [6, 6.07) is 12.3. The summed E-state index contributed by atoms with van der Waals surface area (Å²) >= 11 is 0. The number of rotatable bonds is 4. The summed E-state index contributed by atoms with van der Waals surface area (Å²) in [5, 5.41) is 5.03. The minimum atomic E-state index is -3.75. The number of benzene rings is 1. The molecule has 0 amide bonds. The molecule has 0 aliphatic heterocycles. The van der Waals surface area contributed by atoms with Crippen LogP contribution < -0.4 is 4.72 Å². The molecule has 0 unspecified atom stereocenters. The van der Waals surface area contributed by atoms with E-state index in [-0.39, 0.29) is 4.90 Å². The van der Waals surface area contributed by atoms with Crippen molar-refractivity contribution in [3.8, 4) is 11.4 Å². The molecule has 0 aliphatic carbocycles. The molecule has 0 atom stereocenters. The lowest BCUT2D eigenvalue weighted by atomic mass is 10.2. The zero-order valence-electron chi connectivity index (χ0n) is 13.3. The maximum absolute atomic E-state index is 12.7. The number of fused-ring (bicyclic) bond motifs is 1. The summed E-state index contributed by atoms with van der Waals surface area (Å²) in [6.45, 7) is 0. The molecule has 3 aromatic heterocycles. The molecule has 7 nitrogen and oxygen atoms in total. The third-order valence-corrected chi connectivity index (χ3v) is 5.28. The van der Waals surface area contributed by atoms with Gasteiger partial charge in [0.2, 0.25) is 0 Å². The van der Waals surface area contributed by atoms with Crippen molar-refractivity contribution in [3.05, 3.63) is 61.1 Å². The quantitative estimate of drug-likeness (QED) is 0.590. The van der Waals surface area contributed by atoms with Gasteiger partial charge < -0.3 is 4.98 Å². The van der Waals surface area contributed by atoms with Gasteiger partial charge >= 0.3 is 0 Å². The second-order valence-electron chi connectivity index (χ2n) is 5.58. The zero-order valence-corrected chi connectivity index (χ0v) is 14.2. The lowest BCUT2D eigenvalue weighted by Crippen LogP contribution is -2.14. The minimum Gasteiger partial charge on any atom is -0.360 e. The van der Waals surface area contributed by atoms with Crippen LogP contribution in [0.5, 0.6) is 0 Å². The standard InChI is InChI=1S/C17H15N5O2S/c1-22-17-12(10-20-22)4-2-5-16(17)21-25(23,24)13-7-8-15(19-11-13)14-6-3-9-18-14/h2-11,18,21H,1H3. The Morgan fingerprint density at radius 1 is 1.08 bits per heavy atom. The number of para-hydroxylation sites is 1. The Morgan fingerprint density at radius 3 is 2.68 bits per heavy atom. The number of aromatic amines is 1. The highest BCUT2D eigenvalue weighted by atomic mass is 32.2. The molecular formula is C17H15N5O2S. The van der Waals surface area contributed by atoms with Gasteiger partial charge in [0.1, 0.15) is 4.90 Å². The van der Waals surface area contributed by atoms with E-state index in [0.717, 1.165) is 16.6 Å². The first-order chi connectivity index (χ1) is 12.0. The van der Waals surface area contributed by atoms with Gasteiger partial charge in [-0.05, 0) is 30.3 Å². The highest BCUT2D eigenvalue weighted by molar-refractivity contribution is 7.92. The van der Waals surface area contributed by atoms with E-state index in [1.165, 1.54) is 12.3 Å². The van der Waals surface area contributed by atoms with Crippen molar-refractivity contribution < 1.29 is 8.42 Å². The van der Waals surface area contributed by atoms with E-state index in [4.69, 9.17) is 0 Å². The van der Waals surface area contributed by atoms with Crippen LogP contribution in [0.1, 0.15) is 0 Å². The molecular weight excluding hydrogens is 338 g/mol. The van der Waals surface area contributed by atoms with Crippen molar-refractivity contribution in [3.63, 3.8) is 0 Å². The van der Waals surface area contributed by atoms with Crippen molar-refractivity contribution >= 4 is 26.6 Å². The monoisotopic (exact) mass is 353 g/mol. The van der Waals surface area contributed by atoms with Crippen LogP contribution in [0.25, 0.3) is 22.3 Å². The van der Waals surface area contributed by atoms with E-state index >= 15 is 0 Å². The fourth-order valence-electron chi connectivity index (χ4n) is 2.71. The number of nitrogens with zero attached hydrogens (tertiary/aromatic N) is 3. The van der Waals surface area contributed by atoms with Gasteiger partial charge in [0.05, 0.1) is 28.8 Å². The molecule has 25 heavy (non-hydrogen) atoms. The van der Waals surface area contributed by atoms with Crippen molar-refractivity contribution in [2.24, 2.45) is 7.05 Å². The van der Waals surface area contributed by atoms with Gasteiger partial charge in [-0.1, -0.05) is 12.1 Å². The van der Waals surface area contributed by atoms with Gasteiger partial charge in [-0.25, -0.2) is 8.42 Å². The van der Waals surface area contributed by atoms with E-state index < -0.39 is 10.0 Å². The molecule has 0 spiro atoms. The average molecular weight is 353 g/mol. The third kappa shape index (κ3) is 2.76. The molecule has 0 fully saturated rings. The number of aryl methyl sites for hydroxylation is 1. The van der Waals surface area contributed by atoms with Gasteiger partial charge in [0.15, 0.2) is 0 Å². The van der Waals surface area contributed by atoms with Gasteiger partial charge in [-0.2, -0.15) is 5.10 Å². The summed E-state index contributed by atoms with van der Waals surface area (Å²) in [5.74, 6) is 0. The molecule has 0 radical (unpaired) electrons. The topological polar surface area (TPSA) is 92.7 Å². The Morgan fingerprint density at radius 2 is 1.96 bits per heavy atom. The van der Waals surface area contributed by atoms with Crippen LogP contribution in [0.4, 0.5) is 5.69 Å². The highest BCUT2D eigenvalue weighted by Gasteiger charge is 2.17. The lowest BCUT2D eigenvalue weighted by Gasteiger charge is -2.10. The molecule has 0 bridgehead atoms. The fraction of sp³-hybridized carbons (Fsp3) is 0.0588. The summed E-state index contributed by atoms with van der Waals surface area (Å²) < 4.78 is 29.6. The van der Waals surface area contributed by atoms with E-state index in [9.17, 15) is 8.42 Å². The number of nitrogens with one attached hydrogen (secondary N) is 2. The van der Waals surface area contributed by atoms with Crippen LogP contribution in [-0.2, 0) is 17.1 Å². The predicted octanol–water partition coefficient (Wildman–Crippen LogP) is 2.76. The first kappa shape index (κ1) is 15.4. The number of hydrogen-bond acceptors (Lipinski definition) is 4. The van der Waals surface area contributed by atoms with Gasteiger partial charge in [0, 0.05) is 24.8 Å². The Balaban J connectivity index is 1.68. The molecule has 0 aliphatic rings. The summed E-state index contributed by atoms with van der Waals surface area (Å²) in [6.07, 6.45) is 4.83. The van der Waals surface area contributed by atoms with E-state index in [0.29, 0.717) is 11.4 Å². The number of hydrogen-bond donors (Lipinski definition) is 2. The van der Waals surface area contributed by atoms with Crippen molar-refractivity contribution in [1.82, 2.24) is 19.7 Å². The van der Waals surface area contributed by atoms with Gasteiger partial charge in [0.25, 0.3) is 10.0 Å². The number of sulfonamides is 1. The molecule has 4 aromatic rings. The SMILES string of the molecule is Cn1ncc2cccc(NS(=O)(=O)c3ccc(-c4ccc[nH]4)nc3)c21. The molecule has 1 aromatic carbocycles. The summed E-state index contributed by atoms with van der Waals surface area (Å²) in [7, 11) is -1.98. The van der Waals surface area contributed by atoms with Gasteiger partial charge in [-0.3, -0.25) is 14.4 Å². The number of aromatic nitrogens is 4. The summed E-state index contributed by atoms with van der Waals surface area (Å²) in [5.41, 5.74) is 2.71. The highest BCUT2D eigenvalue weighted by Crippen LogP contribution is 2.25. The fourth-order valence-corrected chi connectivity index (χ4v) is 3.72. The molecule has 0 saturated heterocycles. The average Bonchev–Trinajstić information content (AvgIpc) is 3.26. The van der Waals surface area contributed by atoms with Crippen LogP contribution in [-0.4, -0.2) is 28.2 Å². The molecule has 8 heteroatoms. The largest absolute Gasteiger partial charge is 0.360 e. The van der Waals surface area contributed by atoms with E-state index in [2.05, 4.69) is 19.8 Å². The zero-order chi connectivity index (χ0) is 17.4. The van der Waals surface area contributed by atoms with Crippen molar-refractivity contribution in [2.75, 3.05) is 4.72 Å².